The molecule has 7 heteroatoms. The molecular weight excluding hydrogens is 190 g/mol. The van der Waals surface area contributed by atoms with E-state index in [2.05, 4.69) is 21.0 Å². The zero-order chi connectivity index (χ0) is 5.41. The molecule has 0 radical (unpaired) electrons. The molecule has 0 rings (SSSR count). The van der Waals surface area contributed by atoms with Crippen molar-refractivity contribution >= 4 is 86.6 Å². The molecule has 0 saturated heterocycles. The maximum atomic E-state index is 8.83. The van der Waals surface area contributed by atoms with Gasteiger partial charge in [-0.15, -0.1) is 0 Å². The van der Waals surface area contributed by atoms with Crippen molar-refractivity contribution in [1.29, 1.82) is 0 Å². The Labute approximate surface area is 93.0 Å². The first-order valence-electron chi connectivity index (χ1n) is 0.943. The van der Waals surface area contributed by atoms with E-state index >= 15 is 0 Å². The van der Waals surface area contributed by atoms with Crippen LogP contribution in [0.5, 0.6) is 0 Å². The van der Waals surface area contributed by atoms with Crippen LogP contribution in [0.25, 0.3) is 0 Å². The van der Waals surface area contributed by atoms with E-state index in [0.29, 0.717) is 0 Å². The minimum absolute atomic E-state index is 0. The molecule has 0 N–H and O–H groups in total. The van der Waals surface area contributed by atoms with Crippen LogP contribution in [0, 0.1) is 0 Å². The molecule has 0 fully saturated rings. The maximum absolute atomic E-state index is 8.83. The fourth-order valence-corrected chi connectivity index (χ4v) is 0. The summed E-state index contributed by atoms with van der Waals surface area (Å²) in [6, 6.07) is 0. The van der Waals surface area contributed by atoms with Gasteiger partial charge in [-0.2, -0.15) is 0 Å². The van der Waals surface area contributed by atoms with Crippen LogP contribution in [0.15, 0.2) is 0 Å². The van der Waals surface area contributed by atoms with E-state index < -0.39 is 27.8 Å². The molecule has 0 unspecified atom stereocenters. The van der Waals surface area contributed by atoms with Crippen molar-refractivity contribution in [2.45, 2.75) is 0 Å². The monoisotopic (exact) mass is 190 g/mol. The van der Waals surface area contributed by atoms with Crippen molar-refractivity contribution in [3.63, 3.8) is 0 Å². The van der Waals surface area contributed by atoms with Gasteiger partial charge in [0.15, 0.2) is 0 Å². The summed E-state index contributed by atoms with van der Waals surface area (Å²) < 4.78 is 17.7. The molecule has 0 aliphatic heterocycles. The molecule has 0 bridgehead atoms. The van der Waals surface area contributed by atoms with Crippen molar-refractivity contribution in [3.8, 4) is 0 Å². The Bertz CT molecular complexity index is 34.7. The van der Waals surface area contributed by atoms with Crippen molar-refractivity contribution in [3.05, 3.63) is 0 Å². The topological polar surface area (TPSA) is 46.1 Å². The minimum atomic E-state index is -0.917. The van der Waals surface area contributed by atoms with E-state index in [4.69, 9.17) is 8.32 Å². The normalized spacial score (nSPS) is 2.29. The van der Waals surface area contributed by atoms with Crippen molar-refractivity contribution in [1.82, 2.24) is 0 Å². The second-order valence-electron chi connectivity index (χ2n) is 0.192. The van der Waals surface area contributed by atoms with Crippen molar-refractivity contribution < 1.29 is 8.32 Å². The van der Waals surface area contributed by atoms with Gasteiger partial charge in [0.2, 0.25) is 0 Å². The van der Waals surface area contributed by atoms with Crippen LogP contribution < -0.4 is 8.32 Å². The van der Waals surface area contributed by atoms with Gasteiger partial charge in [0.25, 0.3) is 0 Å². The van der Waals surface area contributed by atoms with E-state index in [1.807, 2.05) is 0 Å². The molecule has 0 atom stereocenters. The van der Waals surface area contributed by atoms with Crippen molar-refractivity contribution in [2.24, 2.45) is 0 Å². The van der Waals surface area contributed by atoms with Gasteiger partial charge in [-0.25, -0.2) is 0 Å². The molecule has 7 heavy (non-hydrogen) atoms. The summed E-state index contributed by atoms with van der Waals surface area (Å²) in [5.74, 6) is 0. The third-order valence-corrected chi connectivity index (χ3v) is 0. The van der Waals surface area contributed by atoms with Gasteiger partial charge in [0.05, 0.1) is 0 Å². The molecule has 0 aromatic heterocycles. The number of hydrogen-bond acceptors (Lipinski definition) is 4. The van der Waals surface area contributed by atoms with E-state index in [0.717, 1.165) is 0 Å². The Kier molecular flexibility index (Phi) is 55.0. The van der Waals surface area contributed by atoms with Gasteiger partial charge in [-0.05, 0) is 0 Å². The van der Waals surface area contributed by atoms with Gasteiger partial charge < -0.3 is 0 Å². The first-order chi connectivity index (χ1) is 2.83. The first kappa shape index (κ1) is 16.2. The zero-order valence-electron chi connectivity index (χ0n) is 3.49. The molecule has 0 heterocycles. The quantitative estimate of drug-likeness (QED) is 0.406. The van der Waals surface area contributed by atoms with Gasteiger partial charge in [0, 0.05) is 0 Å². The molecule has 0 aromatic carbocycles. The first-order valence-corrected chi connectivity index (χ1v) is 5.66. The fourth-order valence-electron chi connectivity index (χ4n) is 0. The molecule has 0 aromatic rings. The Morgan fingerprint density at radius 2 is 1.00 bits per heavy atom. The molecule has 32 valence electrons. The summed E-state index contributed by atoms with van der Waals surface area (Å²) in [4.78, 5) is 0. The van der Waals surface area contributed by atoms with Crippen LogP contribution in [-0.4, -0.2) is 65.6 Å². The Hall–Kier alpha value is 2.36. The van der Waals surface area contributed by atoms with E-state index in [9.17, 15) is 0 Å². The summed E-state index contributed by atoms with van der Waals surface area (Å²) in [7, 11) is 7.84. The number of hydrogen-bond donors (Lipinski definition) is 0. The summed E-state index contributed by atoms with van der Waals surface area (Å²) in [6.45, 7) is 0. The van der Waals surface area contributed by atoms with Crippen LogP contribution in [0.3, 0.4) is 0 Å². The Morgan fingerprint density at radius 3 is 1.00 bits per heavy atom. The second-order valence-corrected chi connectivity index (χ2v) is 1.73. The summed E-state index contributed by atoms with van der Waals surface area (Å²) >= 11 is -1.83. The Morgan fingerprint density at radius 1 is 1.00 bits per heavy atom. The summed E-state index contributed by atoms with van der Waals surface area (Å²) in [6.07, 6.45) is 0. The summed E-state index contributed by atoms with van der Waals surface area (Å²) in [5.41, 5.74) is 0. The molecule has 0 saturated carbocycles. The van der Waals surface area contributed by atoms with E-state index in [-0.39, 0.29) is 37.7 Å². The Balaban J connectivity index is -0.0000000400. The van der Waals surface area contributed by atoms with Crippen LogP contribution in [0.2, 0.25) is 0 Å². The van der Waals surface area contributed by atoms with Crippen molar-refractivity contribution in [2.75, 3.05) is 0 Å². The molecule has 0 spiro atoms. The standard InChI is InChI=1S/2Al.Ca.2O.2S/q;;+2;2*-1;;. The summed E-state index contributed by atoms with van der Waals surface area (Å²) in [5, 5.41) is 0. The molecular formula is Al2CaO2S2. The third kappa shape index (κ3) is 60.6. The second kappa shape index (κ2) is 23.8. The van der Waals surface area contributed by atoms with Crippen LogP contribution >= 0.6 is 21.0 Å². The SMILES string of the molecule is [Ca+2].[O-][Al]=[S].[O-][Al]=[S]. The van der Waals surface area contributed by atoms with Gasteiger partial charge >= 0.3 is 94.9 Å². The third-order valence-electron chi connectivity index (χ3n) is 0. The van der Waals surface area contributed by atoms with E-state index in [1.165, 1.54) is 0 Å². The average Bonchev–Trinajstić information content (AvgIpc) is 1.39. The molecule has 0 aliphatic rings. The zero-order valence-corrected chi connectivity index (χ0v) is 9.65. The van der Waals surface area contributed by atoms with Gasteiger partial charge in [0.1, 0.15) is 0 Å². The van der Waals surface area contributed by atoms with Crippen LogP contribution in [0.1, 0.15) is 0 Å². The van der Waals surface area contributed by atoms with E-state index in [1.54, 1.807) is 0 Å². The predicted molar refractivity (Wildman–Crippen MR) is 32.4 cm³/mol. The van der Waals surface area contributed by atoms with Crippen LogP contribution in [-0.2, 0) is 0 Å². The van der Waals surface area contributed by atoms with Gasteiger partial charge in [-0.3, -0.25) is 0 Å². The molecule has 0 amide bonds. The average molecular weight is 190 g/mol. The molecule has 2 nitrogen and oxygen atoms in total. The van der Waals surface area contributed by atoms with Crippen LogP contribution in [0.4, 0.5) is 0 Å². The van der Waals surface area contributed by atoms with Gasteiger partial charge in [-0.1, -0.05) is 0 Å². The fraction of sp³-hybridized carbons (Fsp3) is 0. The number of rotatable bonds is 0. The molecule has 0 aliphatic carbocycles. The predicted octanol–water partition coefficient (Wildman–Crippen LogP) is -2.22.